The third-order valence-electron chi connectivity index (χ3n) is 4.43. The molecule has 0 aromatic heterocycles. The lowest BCUT2D eigenvalue weighted by atomic mass is 10.0. The van der Waals surface area contributed by atoms with Gasteiger partial charge in [0.1, 0.15) is 11.8 Å². The number of hydrogen-bond donors (Lipinski definition) is 1. The predicted octanol–water partition coefficient (Wildman–Crippen LogP) is 4.21. The Morgan fingerprint density at radius 2 is 2.00 bits per heavy atom. The molecule has 3 unspecified atom stereocenters. The van der Waals surface area contributed by atoms with Gasteiger partial charge in [0, 0.05) is 12.1 Å². The summed E-state index contributed by atoms with van der Waals surface area (Å²) in [4.78, 5) is 0. The minimum absolute atomic E-state index is 0.105. The van der Waals surface area contributed by atoms with Gasteiger partial charge in [0.25, 0.3) is 0 Å². The molecule has 3 nitrogen and oxygen atoms in total. The standard InChI is InChI=1S/C18H26N2O/c1-14-4-3-5-17(9-6-14)20-15(2)16-7-10-18(11-8-16)21-13-12-19/h7-8,10-11,14-15,17,20H,3-6,9,13H2,1-2H3. The number of nitrogens with zero attached hydrogens (tertiary/aromatic N) is 1. The average molecular weight is 286 g/mol. The Morgan fingerprint density at radius 3 is 2.71 bits per heavy atom. The van der Waals surface area contributed by atoms with Crippen LogP contribution in [-0.2, 0) is 0 Å². The van der Waals surface area contributed by atoms with E-state index < -0.39 is 0 Å². The van der Waals surface area contributed by atoms with Gasteiger partial charge in [-0.15, -0.1) is 0 Å². The molecule has 0 saturated heterocycles. The quantitative estimate of drug-likeness (QED) is 0.825. The van der Waals surface area contributed by atoms with Crippen molar-refractivity contribution >= 4 is 0 Å². The molecule has 0 aliphatic heterocycles. The highest BCUT2D eigenvalue weighted by molar-refractivity contribution is 5.29. The van der Waals surface area contributed by atoms with Gasteiger partial charge < -0.3 is 10.1 Å². The molecule has 0 spiro atoms. The third-order valence-corrected chi connectivity index (χ3v) is 4.43. The maximum Gasteiger partial charge on any atom is 0.174 e. The SMILES string of the molecule is CC1CCCC(NC(C)c2ccc(OCC#N)cc2)CC1. The van der Waals surface area contributed by atoms with Crippen LogP contribution in [0.1, 0.15) is 57.6 Å². The van der Waals surface area contributed by atoms with Crippen LogP contribution in [-0.4, -0.2) is 12.6 Å². The van der Waals surface area contributed by atoms with E-state index in [0.29, 0.717) is 12.1 Å². The topological polar surface area (TPSA) is 45.0 Å². The van der Waals surface area contributed by atoms with E-state index in [-0.39, 0.29) is 6.61 Å². The van der Waals surface area contributed by atoms with Gasteiger partial charge in [-0.25, -0.2) is 0 Å². The van der Waals surface area contributed by atoms with Gasteiger partial charge in [0.05, 0.1) is 0 Å². The van der Waals surface area contributed by atoms with Crippen molar-refractivity contribution in [3.63, 3.8) is 0 Å². The van der Waals surface area contributed by atoms with Crippen LogP contribution in [0.15, 0.2) is 24.3 Å². The van der Waals surface area contributed by atoms with E-state index in [1.54, 1.807) is 0 Å². The predicted molar refractivity (Wildman–Crippen MR) is 85.1 cm³/mol. The van der Waals surface area contributed by atoms with Gasteiger partial charge in [-0.3, -0.25) is 0 Å². The largest absolute Gasteiger partial charge is 0.479 e. The molecular weight excluding hydrogens is 260 g/mol. The fourth-order valence-corrected chi connectivity index (χ4v) is 3.07. The summed E-state index contributed by atoms with van der Waals surface area (Å²) in [6.45, 7) is 4.69. The second kappa shape index (κ2) is 8.05. The zero-order valence-electron chi connectivity index (χ0n) is 13.1. The molecule has 1 fully saturated rings. The monoisotopic (exact) mass is 286 g/mol. The van der Waals surface area contributed by atoms with Crippen molar-refractivity contribution < 1.29 is 4.74 Å². The molecule has 0 bridgehead atoms. The van der Waals surface area contributed by atoms with E-state index in [1.807, 2.05) is 18.2 Å². The van der Waals surface area contributed by atoms with E-state index in [2.05, 4.69) is 31.3 Å². The van der Waals surface area contributed by atoms with E-state index in [1.165, 1.54) is 37.7 Å². The third kappa shape index (κ3) is 5.06. The first-order valence-corrected chi connectivity index (χ1v) is 8.05. The zero-order valence-corrected chi connectivity index (χ0v) is 13.1. The normalized spacial score (nSPS) is 23.9. The molecule has 1 aromatic carbocycles. The smallest absolute Gasteiger partial charge is 0.174 e. The van der Waals surface area contributed by atoms with E-state index in [4.69, 9.17) is 10.00 Å². The number of nitrogens with one attached hydrogen (secondary N) is 1. The first-order chi connectivity index (χ1) is 10.2. The summed E-state index contributed by atoms with van der Waals surface area (Å²) in [5.41, 5.74) is 1.27. The Bertz CT molecular complexity index is 463. The fraction of sp³-hybridized carbons (Fsp3) is 0.611. The summed E-state index contributed by atoms with van der Waals surface area (Å²) in [5.74, 6) is 1.64. The molecule has 1 N–H and O–H groups in total. The van der Waals surface area contributed by atoms with Gasteiger partial charge >= 0.3 is 0 Å². The molecule has 1 saturated carbocycles. The van der Waals surface area contributed by atoms with E-state index in [0.717, 1.165) is 11.7 Å². The Morgan fingerprint density at radius 1 is 1.24 bits per heavy atom. The molecule has 2 rings (SSSR count). The molecule has 0 radical (unpaired) electrons. The highest BCUT2D eigenvalue weighted by atomic mass is 16.5. The average Bonchev–Trinajstić information content (AvgIpc) is 2.70. The Hall–Kier alpha value is -1.53. The van der Waals surface area contributed by atoms with Gasteiger partial charge in [-0.05, 0) is 49.8 Å². The van der Waals surface area contributed by atoms with E-state index >= 15 is 0 Å². The summed E-state index contributed by atoms with van der Waals surface area (Å²) in [6, 6.07) is 11.0. The summed E-state index contributed by atoms with van der Waals surface area (Å²) < 4.78 is 5.29. The summed E-state index contributed by atoms with van der Waals surface area (Å²) in [5, 5.41) is 12.3. The van der Waals surface area contributed by atoms with Crippen LogP contribution in [0.4, 0.5) is 0 Å². The minimum atomic E-state index is 0.105. The van der Waals surface area contributed by atoms with Gasteiger partial charge in [0.15, 0.2) is 6.61 Å². The lowest BCUT2D eigenvalue weighted by Gasteiger charge is -2.22. The van der Waals surface area contributed by atoms with Crippen molar-refractivity contribution in [3.8, 4) is 11.8 Å². The molecule has 1 aromatic rings. The highest BCUT2D eigenvalue weighted by Gasteiger charge is 2.18. The number of nitriles is 1. The number of benzene rings is 1. The van der Waals surface area contributed by atoms with Crippen LogP contribution in [0.5, 0.6) is 5.75 Å². The maximum atomic E-state index is 8.51. The molecule has 0 amide bonds. The van der Waals surface area contributed by atoms with Crippen molar-refractivity contribution in [2.24, 2.45) is 5.92 Å². The molecule has 114 valence electrons. The second-order valence-electron chi connectivity index (χ2n) is 6.21. The Labute approximate surface area is 128 Å². The van der Waals surface area contributed by atoms with Crippen molar-refractivity contribution in [1.29, 1.82) is 5.26 Å². The van der Waals surface area contributed by atoms with Crippen LogP contribution in [0.2, 0.25) is 0 Å². The number of rotatable bonds is 5. The van der Waals surface area contributed by atoms with Gasteiger partial charge in [-0.2, -0.15) is 5.26 Å². The molecule has 3 heteroatoms. The lowest BCUT2D eigenvalue weighted by molar-refractivity contribution is 0.367. The Kier molecular flexibility index (Phi) is 6.07. The van der Waals surface area contributed by atoms with Crippen LogP contribution >= 0.6 is 0 Å². The summed E-state index contributed by atoms with van der Waals surface area (Å²) in [7, 11) is 0. The van der Waals surface area contributed by atoms with Gasteiger partial charge in [-0.1, -0.05) is 31.9 Å². The summed E-state index contributed by atoms with van der Waals surface area (Å²) in [6.07, 6.45) is 6.63. The van der Waals surface area contributed by atoms with Crippen LogP contribution < -0.4 is 10.1 Å². The molecule has 21 heavy (non-hydrogen) atoms. The van der Waals surface area contributed by atoms with E-state index in [9.17, 15) is 0 Å². The first-order valence-electron chi connectivity index (χ1n) is 8.05. The fourth-order valence-electron chi connectivity index (χ4n) is 3.07. The van der Waals surface area contributed by atoms with Crippen molar-refractivity contribution in [2.45, 2.75) is 58.0 Å². The van der Waals surface area contributed by atoms with Crippen LogP contribution in [0, 0.1) is 17.2 Å². The Balaban J connectivity index is 1.87. The highest BCUT2D eigenvalue weighted by Crippen LogP contribution is 2.25. The number of ether oxygens (including phenoxy) is 1. The molecule has 3 atom stereocenters. The molecule has 1 aliphatic rings. The molecule has 1 aliphatic carbocycles. The van der Waals surface area contributed by atoms with Gasteiger partial charge in [0.2, 0.25) is 0 Å². The zero-order chi connectivity index (χ0) is 15.1. The maximum absolute atomic E-state index is 8.51. The van der Waals surface area contributed by atoms with Crippen molar-refractivity contribution in [1.82, 2.24) is 5.32 Å². The van der Waals surface area contributed by atoms with Crippen LogP contribution in [0.25, 0.3) is 0 Å². The minimum Gasteiger partial charge on any atom is -0.479 e. The lowest BCUT2D eigenvalue weighted by Crippen LogP contribution is -2.31. The number of hydrogen-bond acceptors (Lipinski definition) is 3. The van der Waals surface area contributed by atoms with Crippen molar-refractivity contribution in [3.05, 3.63) is 29.8 Å². The summed E-state index contributed by atoms with van der Waals surface area (Å²) >= 11 is 0. The molecule has 0 heterocycles. The van der Waals surface area contributed by atoms with Crippen molar-refractivity contribution in [2.75, 3.05) is 6.61 Å². The second-order valence-corrected chi connectivity index (χ2v) is 6.21. The first kappa shape index (κ1) is 15.9. The molecular formula is C18H26N2O. The van der Waals surface area contributed by atoms with Crippen LogP contribution in [0.3, 0.4) is 0 Å².